The van der Waals surface area contributed by atoms with Gasteiger partial charge in [0.1, 0.15) is 5.75 Å². The zero-order chi connectivity index (χ0) is 12.3. The summed E-state index contributed by atoms with van der Waals surface area (Å²) in [6, 6.07) is 4.63. The Bertz CT molecular complexity index is 392. The molecule has 0 aromatic heterocycles. The fourth-order valence-corrected chi connectivity index (χ4v) is 3.33. The first-order valence-corrected chi connectivity index (χ1v) is 7.15. The quantitative estimate of drug-likeness (QED) is 0.856. The molecule has 2 rings (SSSR count). The molecule has 1 N–H and O–H groups in total. The number of rotatable bonds is 3. The lowest BCUT2D eigenvalue weighted by molar-refractivity contribution is 0.408. The van der Waals surface area contributed by atoms with Crippen LogP contribution in [0.1, 0.15) is 43.4 Å². The standard InChI is InChI=1S/C14H20BrNO/c1-3-16-12-7-5-4-6-10-13(17-2)9-8-11(15)14(10)12/h8-9,12,16H,3-7H2,1-2H3. The van der Waals surface area contributed by atoms with Gasteiger partial charge in [-0.2, -0.15) is 0 Å². The first-order chi connectivity index (χ1) is 8.27. The van der Waals surface area contributed by atoms with Gasteiger partial charge in [-0.15, -0.1) is 0 Å². The summed E-state index contributed by atoms with van der Waals surface area (Å²) in [5.74, 6) is 1.04. The van der Waals surface area contributed by atoms with Gasteiger partial charge in [-0.05, 0) is 49.1 Å². The van der Waals surface area contributed by atoms with Crippen molar-refractivity contribution < 1.29 is 4.74 Å². The van der Waals surface area contributed by atoms with E-state index in [0.717, 1.165) is 18.7 Å². The molecule has 3 heteroatoms. The molecule has 1 aromatic rings. The van der Waals surface area contributed by atoms with Crippen molar-refractivity contribution in [3.63, 3.8) is 0 Å². The van der Waals surface area contributed by atoms with Crippen LogP contribution in [0.3, 0.4) is 0 Å². The Hall–Kier alpha value is -0.540. The summed E-state index contributed by atoms with van der Waals surface area (Å²) in [5.41, 5.74) is 2.79. The summed E-state index contributed by atoms with van der Waals surface area (Å²) in [4.78, 5) is 0. The third-order valence-corrected chi connectivity index (χ3v) is 4.14. The zero-order valence-corrected chi connectivity index (χ0v) is 12.1. The van der Waals surface area contributed by atoms with Crippen molar-refractivity contribution in [3.8, 4) is 5.75 Å². The van der Waals surface area contributed by atoms with Gasteiger partial charge in [0.05, 0.1) is 7.11 Å². The molecule has 1 aliphatic rings. The van der Waals surface area contributed by atoms with Gasteiger partial charge in [-0.3, -0.25) is 0 Å². The summed E-state index contributed by atoms with van der Waals surface area (Å²) < 4.78 is 6.71. The second-order valence-corrected chi connectivity index (χ2v) is 5.35. The molecule has 17 heavy (non-hydrogen) atoms. The Morgan fingerprint density at radius 2 is 2.24 bits per heavy atom. The van der Waals surface area contributed by atoms with Crippen molar-refractivity contribution in [1.29, 1.82) is 0 Å². The number of benzene rings is 1. The molecule has 0 aliphatic heterocycles. The van der Waals surface area contributed by atoms with Crippen LogP contribution in [0.2, 0.25) is 0 Å². The van der Waals surface area contributed by atoms with Gasteiger partial charge in [-0.1, -0.05) is 29.3 Å². The van der Waals surface area contributed by atoms with E-state index in [0.29, 0.717) is 6.04 Å². The largest absolute Gasteiger partial charge is 0.496 e. The van der Waals surface area contributed by atoms with Crippen LogP contribution in [-0.4, -0.2) is 13.7 Å². The highest BCUT2D eigenvalue weighted by Gasteiger charge is 2.23. The Labute approximate surface area is 112 Å². The lowest BCUT2D eigenvalue weighted by atomic mass is 9.98. The van der Waals surface area contributed by atoms with Gasteiger partial charge < -0.3 is 10.1 Å². The van der Waals surface area contributed by atoms with E-state index in [1.54, 1.807) is 7.11 Å². The lowest BCUT2D eigenvalue weighted by Crippen LogP contribution is -2.21. The van der Waals surface area contributed by atoms with Crippen LogP contribution in [0.25, 0.3) is 0 Å². The Morgan fingerprint density at radius 1 is 1.41 bits per heavy atom. The summed E-state index contributed by atoms with van der Waals surface area (Å²) in [7, 11) is 1.76. The molecular weight excluding hydrogens is 278 g/mol. The van der Waals surface area contributed by atoms with Crippen molar-refractivity contribution in [2.45, 2.75) is 38.6 Å². The average molecular weight is 298 g/mol. The minimum Gasteiger partial charge on any atom is -0.496 e. The maximum Gasteiger partial charge on any atom is 0.122 e. The first-order valence-electron chi connectivity index (χ1n) is 6.36. The van der Waals surface area contributed by atoms with Gasteiger partial charge in [-0.25, -0.2) is 0 Å². The molecule has 0 bridgehead atoms. The van der Waals surface area contributed by atoms with Crippen molar-refractivity contribution in [1.82, 2.24) is 5.32 Å². The van der Waals surface area contributed by atoms with Crippen LogP contribution >= 0.6 is 15.9 Å². The minimum absolute atomic E-state index is 0.460. The number of ether oxygens (including phenoxy) is 1. The van der Waals surface area contributed by atoms with E-state index in [1.165, 1.54) is 34.9 Å². The molecule has 0 saturated heterocycles. The van der Waals surface area contributed by atoms with Crippen LogP contribution in [-0.2, 0) is 6.42 Å². The van der Waals surface area contributed by atoms with Crippen LogP contribution in [0.4, 0.5) is 0 Å². The predicted molar refractivity (Wildman–Crippen MR) is 74.7 cm³/mol. The Kier molecular flexibility index (Phi) is 4.46. The van der Waals surface area contributed by atoms with Gasteiger partial charge >= 0.3 is 0 Å². The topological polar surface area (TPSA) is 21.3 Å². The third-order valence-electron chi connectivity index (χ3n) is 3.45. The Balaban J connectivity index is 2.47. The van der Waals surface area contributed by atoms with E-state index in [2.05, 4.69) is 40.3 Å². The third kappa shape index (κ3) is 2.66. The van der Waals surface area contributed by atoms with E-state index in [4.69, 9.17) is 4.74 Å². The summed E-state index contributed by atoms with van der Waals surface area (Å²) in [5, 5.41) is 3.59. The Morgan fingerprint density at radius 3 is 2.94 bits per heavy atom. The monoisotopic (exact) mass is 297 g/mol. The molecule has 1 atom stereocenters. The highest BCUT2D eigenvalue weighted by molar-refractivity contribution is 9.10. The summed E-state index contributed by atoms with van der Waals surface area (Å²) in [6.07, 6.45) is 4.87. The van der Waals surface area contributed by atoms with Gasteiger partial charge in [0, 0.05) is 10.5 Å². The van der Waals surface area contributed by atoms with Gasteiger partial charge in [0.25, 0.3) is 0 Å². The molecule has 0 fully saturated rings. The predicted octanol–water partition coefficient (Wildman–Crippen LogP) is 3.83. The van der Waals surface area contributed by atoms with Crippen LogP contribution in [0, 0.1) is 0 Å². The zero-order valence-electron chi connectivity index (χ0n) is 10.6. The highest BCUT2D eigenvalue weighted by Crippen LogP contribution is 2.38. The van der Waals surface area contributed by atoms with Crippen molar-refractivity contribution in [2.75, 3.05) is 13.7 Å². The number of hydrogen-bond donors (Lipinski definition) is 1. The van der Waals surface area contributed by atoms with E-state index in [-0.39, 0.29) is 0 Å². The number of hydrogen-bond acceptors (Lipinski definition) is 2. The molecule has 2 nitrogen and oxygen atoms in total. The van der Waals surface area contributed by atoms with Gasteiger partial charge in [0.2, 0.25) is 0 Å². The normalized spacial score (nSPS) is 19.6. The number of methoxy groups -OCH3 is 1. The minimum atomic E-state index is 0.460. The van der Waals surface area contributed by atoms with Crippen LogP contribution in [0.15, 0.2) is 16.6 Å². The van der Waals surface area contributed by atoms with E-state index in [9.17, 15) is 0 Å². The van der Waals surface area contributed by atoms with Crippen LogP contribution < -0.4 is 10.1 Å². The molecule has 1 aromatic carbocycles. The fourth-order valence-electron chi connectivity index (χ4n) is 2.69. The molecule has 0 saturated carbocycles. The second kappa shape index (κ2) is 5.87. The van der Waals surface area contributed by atoms with E-state index >= 15 is 0 Å². The highest BCUT2D eigenvalue weighted by atomic mass is 79.9. The van der Waals surface area contributed by atoms with Crippen molar-refractivity contribution in [2.24, 2.45) is 0 Å². The number of halogens is 1. The molecule has 1 aliphatic carbocycles. The second-order valence-electron chi connectivity index (χ2n) is 4.50. The first kappa shape index (κ1) is 12.9. The molecule has 1 unspecified atom stereocenters. The maximum atomic E-state index is 5.50. The average Bonchev–Trinajstić information content (AvgIpc) is 2.54. The van der Waals surface area contributed by atoms with E-state index < -0.39 is 0 Å². The molecule has 0 spiro atoms. The number of nitrogens with one attached hydrogen (secondary N) is 1. The fraction of sp³-hybridized carbons (Fsp3) is 0.571. The summed E-state index contributed by atoms with van der Waals surface area (Å²) in [6.45, 7) is 3.17. The molecule has 0 radical (unpaired) electrons. The van der Waals surface area contributed by atoms with E-state index in [1.807, 2.05) is 0 Å². The SMILES string of the molecule is CCNC1CCCCc2c(OC)ccc(Br)c21. The van der Waals surface area contributed by atoms with Crippen LogP contribution in [0.5, 0.6) is 5.75 Å². The van der Waals surface area contributed by atoms with Crippen molar-refractivity contribution in [3.05, 3.63) is 27.7 Å². The molecule has 0 heterocycles. The van der Waals surface area contributed by atoms with Crippen molar-refractivity contribution >= 4 is 15.9 Å². The molecule has 0 amide bonds. The molecular formula is C14H20BrNO. The maximum absolute atomic E-state index is 5.50. The molecule has 94 valence electrons. The lowest BCUT2D eigenvalue weighted by Gasteiger charge is -2.21. The summed E-state index contributed by atoms with van der Waals surface area (Å²) >= 11 is 3.69. The van der Waals surface area contributed by atoms with Gasteiger partial charge in [0.15, 0.2) is 0 Å². The number of fused-ring (bicyclic) bond motifs is 1. The smallest absolute Gasteiger partial charge is 0.122 e.